The number of hydrogen-bond acceptors (Lipinski definition) is 1. The van der Waals surface area contributed by atoms with Crippen LogP contribution in [0.25, 0.3) is 0 Å². The highest BCUT2D eigenvalue weighted by atomic mass is 35.6. The Morgan fingerprint density at radius 1 is 1.10 bits per heavy atom. The maximum Gasteiger partial charge on any atom is 0.180 e. The average Bonchev–Trinajstić information content (AvgIpc) is 2.38. The first-order chi connectivity index (χ1) is 9.75. The molecule has 1 aliphatic carbocycles. The second-order valence-electron chi connectivity index (χ2n) is 6.43. The van der Waals surface area contributed by atoms with E-state index in [4.69, 9.17) is 34.8 Å². The lowest BCUT2D eigenvalue weighted by Crippen LogP contribution is -2.41. The van der Waals surface area contributed by atoms with E-state index in [1.165, 1.54) is 12.0 Å². The fourth-order valence-electron chi connectivity index (χ4n) is 3.27. The number of rotatable bonds is 2. The third kappa shape index (κ3) is 5.98. The predicted molar refractivity (Wildman–Crippen MR) is 93.3 cm³/mol. The molecule has 1 saturated carbocycles. The second kappa shape index (κ2) is 8.62. The van der Waals surface area contributed by atoms with Crippen molar-refractivity contribution < 1.29 is 5.11 Å². The van der Waals surface area contributed by atoms with Gasteiger partial charge in [-0.1, -0.05) is 92.3 Å². The molecule has 0 aromatic heterocycles. The fourth-order valence-corrected chi connectivity index (χ4v) is 3.27. The van der Waals surface area contributed by atoms with Crippen molar-refractivity contribution in [2.75, 3.05) is 0 Å². The number of aliphatic hydroxyl groups excluding tert-OH is 1. The van der Waals surface area contributed by atoms with E-state index in [0.29, 0.717) is 11.8 Å². The van der Waals surface area contributed by atoms with E-state index in [2.05, 4.69) is 51.1 Å². The van der Waals surface area contributed by atoms with E-state index in [9.17, 15) is 5.11 Å². The Morgan fingerprint density at radius 2 is 1.62 bits per heavy atom. The van der Waals surface area contributed by atoms with Gasteiger partial charge in [-0.05, 0) is 35.7 Å². The zero-order valence-corrected chi connectivity index (χ0v) is 15.2. The summed E-state index contributed by atoms with van der Waals surface area (Å²) < 4.78 is -0.750. The lowest BCUT2D eigenvalue weighted by molar-refractivity contribution is 0.0143. The van der Waals surface area contributed by atoms with Crippen LogP contribution in [0.4, 0.5) is 0 Å². The average molecular weight is 352 g/mol. The summed E-state index contributed by atoms with van der Waals surface area (Å²) in [5, 5.41) is 10.3. The summed E-state index contributed by atoms with van der Waals surface area (Å²) in [6.07, 6.45) is 3.21. The normalized spacial score (nSPS) is 26.2. The van der Waals surface area contributed by atoms with Crippen LogP contribution in [0.15, 0.2) is 30.3 Å². The molecule has 0 radical (unpaired) electrons. The lowest BCUT2D eigenvalue weighted by atomic mass is 9.64. The molecule has 120 valence electrons. The van der Waals surface area contributed by atoms with E-state index in [1.54, 1.807) is 0 Å². The van der Waals surface area contributed by atoms with Gasteiger partial charge in [-0.15, -0.1) is 0 Å². The molecular weight excluding hydrogens is 327 g/mol. The Labute approximate surface area is 143 Å². The largest absolute Gasteiger partial charge is 0.393 e. The molecule has 0 saturated heterocycles. The van der Waals surface area contributed by atoms with Crippen molar-refractivity contribution in [2.45, 2.75) is 55.8 Å². The first kappa shape index (κ1) is 19.1. The molecule has 1 aromatic rings. The van der Waals surface area contributed by atoms with Gasteiger partial charge >= 0.3 is 0 Å². The van der Waals surface area contributed by atoms with Crippen molar-refractivity contribution in [3.05, 3.63) is 35.9 Å². The molecule has 3 unspecified atom stereocenters. The van der Waals surface area contributed by atoms with Crippen LogP contribution in [0.3, 0.4) is 0 Å². The van der Waals surface area contributed by atoms with Gasteiger partial charge in [0, 0.05) is 0 Å². The third-order valence-electron chi connectivity index (χ3n) is 4.52. The third-order valence-corrected chi connectivity index (χ3v) is 4.52. The Hall–Kier alpha value is 0.0500. The van der Waals surface area contributed by atoms with E-state index >= 15 is 0 Å². The van der Waals surface area contributed by atoms with Crippen molar-refractivity contribution in [2.24, 2.45) is 11.8 Å². The summed E-state index contributed by atoms with van der Waals surface area (Å²) >= 11 is 14.4. The molecule has 21 heavy (non-hydrogen) atoms. The maximum absolute atomic E-state index is 10.3. The van der Waals surface area contributed by atoms with Crippen LogP contribution in [0.1, 0.15) is 45.6 Å². The van der Waals surface area contributed by atoms with E-state index in [-0.39, 0.29) is 11.5 Å². The SMILES string of the molecule is CC1CCC(C(C)(C)c2ccccc2)C(O)C1.ClC(Cl)Cl. The molecule has 3 atom stereocenters. The molecule has 1 aromatic carbocycles. The van der Waals surface area contributed by atoms with Crippen molar-refractivity contribution in [1.29, 1.82) is 0 Å². The minimum atomic E-state index is -0.750. The topological polar surface area (TPSA) is 20.2 Å². The maximum atomic E-state index is 10.3. The van der Waals surface area contributed by atoms with E-state index < -0.39 is 4.30 Å². The first-order valence-electron chi connectivity index (χ1n) is 7.41. The van der Waals surface area contributed by atoms with Gasteiger partial charge < -0.3 is 5.11 Å². The summed E-state index contributed by atoms with van der Waals surface area (Å²) in [5.74, 6) is 1.06. The highest BCUT2D eigenvalue weighted by Crippen LogP contribution is 2.42. The van der Waals surface area contributed by atoms with Crippen LogP contribution in [0.2, 0.25) is 0 Å². The first-order valence-corrected chi connectivity index (χ1v) is 8.72. The molecule has 0 amide bonds. The predicted octanol–water partition coefficient (Wildman–Crippen LogP) is 5.75. The zero-order chi connectivity index (χ0) is 16.0. The van der Waals surface area contributed by atoms with Crippen molar-refractivity contribution in [1.82, 2.24) is 0 Å². The number of aliphatic hydroxyl groups is 1. The Kier molecular flexibility index (Phi) is 7.84. The smallest absolute Gasteiger partial charge is 0.180 e. The number of hydrogen-bond donors (Lipinski definition) is 1. The van der Waals surface area contributed by atoms with Gasteiger partial charge in [0.15, 0.2) is 4.30 Å². The summed E-state index contributed by atoms with van der Waals surface area (Å²) in [5.41, 5.74) is 1.42. The molecule has 4 heteroatoms. The van der Waals surface area contributed by atoms with Crippen LogP contribution in [0, 0.1) is 11.8 Å². The van der Waals surface area contributed by atoms with Crippen molar-refractivity contribution in [3.63, 3.8) is 0 Å². The zero-order valence-electron chi connectivity index (χ0n) is 12.9. The Bertz CT molecular complexity index is 403. The molecule has 0 spiro atoms. The van der Waals surface area contributed by atoms with Gasteiger partial charge in [0.25, 0.3) is 0 Å². The molecule has 1 fully saturated rings. The summed E-state index contributed by atoms with van der Waals surface area (Å²) in [7, 11) is 0. The number of halogens is 3. The van der Waals surface area contributed by atoms with Crippen LogP contribution in [0.5, 0.6) is 0 Å². The fraction of sp³-hybridized carbons (Fsp3) is 0.647. The van der Waals surface area contributed by atoms with Gasteiger partial charge in [-0.3, -0.25) is 0 Å². The van der Waals surface area contributed by atoms with Gasteiger partial charge in [-0.25, -0.2) is 0 Å². The molecule has 1 N–H and O–H groups in total. The van der Waals surface area contributed by atoms with Gasteiger partial charge in [-0.2, -0.15) is 0 Å². The van der Waals surface area contributed by atoms with E-state index in [0.717, 1.165) is 12.8 Å². The number of alkyl halides is 3. The molecular formula is C17H25Cl3O. The molecule has 1 aliphatic rings. The van der Waals surface area contributed by atoms with Crippen LogP contribution < -0.4 is 0 Å². The lowest BCUT2D eigenvalue weighted by Gasteiger charge is -2.42. The van der Waals surface area contributed by atoms with Crippen LogP contribution >= 0.6 is 34.8 Å². The minimum absolute atomic E-state index is 0.0703. The Morgan fingerprint density at radius 3 is 2.10 bits per heavy atom. The summed E-state index contributed by atoms with van der Waals surface area (Å²) in [6, 6.07) is 10.6. The van der Waals surface area contributed by atoms with Crippen LogP contribution in [-0.4, -0.2) is 15.5 Å². The summed E-state index contributed by atoms with van der Waals surface area (Å²) in [6.45, 7) is 6.79. The van der Waals surface area contributed by atoms with Crippen molar-refractivity contribution in [3.8, 4) is 0 Å². The standard InChI is InChI=1S/C16H24O.CHCl3/c1-12-9-10-14(15(17)11-12)16(2,3)13-7-5-4-6-8-13;2-1(3)4/h4-8,12,14-15,17H,9-11H2,1-3H3;1H. The minimum Gasteiger partial charge on any atom is -0.393 e. The monoisotopic (exact) mass is 350 g/mol. The molecule has 2 rings (SSSR count). The Balaban J connectivity index is 0.000000491. The quantitative estimate of drug-likeness (QED) is 0.673. The van der Waals surface area contributed by atoms with Crippen LogP contribution in [-0.2, 0) is 5.41 Å². The van der Waals surface area contributed by atoms with Gasteiger partial charge in [0.05, 0.1) is 6.10 Å². The van der Waals surface area contributed by atoms with Gasteiger partial charge in [0.1, 0.15) is 0 Å². The molecule has 0 bridgehead atoms. The number of benzene rings is 1. The highest BCUT2D eigenvalue weighted by molar-refractivity contribution is 6.63. The molecule has 1 nitrogen and oxygen atoms in total. The summed E-state index contributed by atoms with van der Waals surface area (Å²) in [4.78, 5) is 0. The van der Waals surface area contributed by atoms with E-state index in [1.807, 2.05) is 0 Å². The van der Waals surface area contributed by atoms with Gasteiger partial charge in [0.2, 0.25) is 0 Å². The molecule has 0 heterocycles. The highest BCUT2D eigenvalue weighted by Gasteiger charge is 2.38. The second-order valence-corrected chi connectivity index (χ2v) is 8.41. The molecule has 0 aliphatic heterocycles. The van der Waals surface area contributed by atoms with Crippen molar-refractivity contribution >= 4 is 34.8 Å².